The second-order valence-corrected chi connectivity index (χ2v) is 3.61. The van der Waals surface area contributed by atoms with Crippen molar-refractivity contribution in [2.75, 3.05) is 4.90 Å². The molecule has 1 aliphatic rings. The Morgan fingerprint density at radius 3 is 1.79 bits per heavy atom. The van der Waals surface area contributed by atoms with Crippen molar-refractivity contribution in [1.82, 2.24) is 0 Å². The van der Waals surface area contributed by atoms with Crippen LogP contribution in [0, 0.1) is 6.92 Å². The highest BCUT2D eigenvalue weighted by Crippen LogP contribution is 2.53. The Morgan fingerprint density at radius 2 is 1.21 bits per heavy atom. The predicted octanol–water partition coefficient (Wildman–Crippen LogP) is 3.78. The van der Waals surface area contributed by atoms with Gasteiger partial charge >= 0.3 is 0 Å². The number of anilines is 3. The number of rotatable bonds is 1. The van der Waals surface area contributed by atoms with Crippen LogP contribution in [0.25, 0.3) is 0 Å². The first-order valence-corrected chi connectivity index (χ1v) is 4.83. The molecule has 68 valence electrons. The van der Waals surface area contributed by atoms with Gasteiger partial charge in [0.15, 0.2) is 0 Å². The molecule has 1 heteroatoms. The minimum Gasteiger partial charge on any atom is -0.306 e. The summed E-state index contributed by atoms with van der Waals surface area (Å²) in [4.78, 5) is 2.29. The van der Waals surface area contributed by atoms with Gasteiger partial charge in [0, 0.05) is 5.69 Å². The summed E-state index contributed by atoms with van der Waals surface area (Å²) >= 11 is 0. The Labute approximate surface area is 83.6 Å². The molecule has 0 radical (unpaired) electrons. The summed E-state index contributed by atoms with van der Waals surface area (Å²) in [5.41, 5.74) is 5.29. The molecule has 0 unspecified atom stereocenters. The third kappa shape index (κ3) is 0.956. The molecule has 0 aromatic heterocycles. The van der Waals surface area contributed by atoms with Crippen LogP contribution in [-0.4, -0.2) is 0 Å². The summed E-state index contributed by atoms with van der Waals surface area (Å²) in [5, 5.41) is 0. The molecule has 14 heavy (non-hydrogen) atoms. The molecule has 0 fully saturated rings. The van der Waals surface area contributed by atoms with Crippen LogP contribution < -0.4 is 4.90 Å². The molecule has 2 aromatic carbocycles. The summed E-state index contributed by atoms with van der Waals surface area (Å²) in [7, 11) is 0. The summed E-state index contributed by atoms with van der Waals surface area (Å²) in [6, 6.07) is 16.9. The fraction of sp³-hybridized carbons (Fsp3) is 0.0769. The van der Waals surface area contributed by atoms with Gasteiger partial charge in [0.2, 0.25) is 0 Å². The number of para-hydroxylation sites is 3. The Bertz CT molecular complexity index is 465. The molecule has 3 rings (SSSR count). The number of nitrogens with zero attached hydrogens (tertiary/aromatic N) is 1. The maximum Gasteiger partial charge on any atom is 0.0703 e. The van der Waals surface area contributed by atoms with Crippen molar-refractivity contribution in [1.29, 1.82) is 0 Å². The zero-order chi connectivity index (χ0) is 9.54. The lowest BCUT2D eigenvalue weighted by atomic mass is 10.2. The van der Waals surface area contributed by atoms with Crippen LogP contribution in [0.4, 0.5) is 17.1 Å². The fourth-order valence-electron chi connectivity index (χ4n) is 1.88. The minimum absolute atomic E-state index is 1.30. The number of benzene rings is 2. The van der Waals surface area contributed by atoms with Crippen LogP contribution in [0.5, 0.6) is 0 Å². The SMILES string of the molecule is Cc1ccccc1N1c2ccccc21. The highest BCUT2D eigenvalue weighted by atomic mass is 15.3. The van der Waals surface area contributed by atoms with E-state index in [1.807, 2.05) is 0 Å². The van der Waals surface area contributed by atoms with Gasteiger partial charge in [-0.15, -0.1) is 0 Å². The zero-order valence-corrected chi connectivity index (χ0v) is 8.07. The first-order valence-electron chi connectivity index (χ1n) is 4.83. The van der Waals surface area contributed by atoms with E-state index < -0.39 is 0 Å². The quantitative estimate of drug-likeness (QED) is 0.516. The lowest BCUT2D eigenvalue weighted by molar-refractivity contribution is 1.39. The number of fused-ring (bicyclic) bond motifs is 1. The zero-order valence-electron chi connectivity index (χ0n) is 8.07. The highest BCUT2D eigenvalue weighted by molar-refractivity contribution is 6.01. The standard InChI is InChI=1S/C13H11N/c1-10-6-2-3-7-11(10)14-12-8-4-5-9-13(12)14/h2-9H,1H3. The predicted molar refractivity (Wildman–Crippen MR) is 59.4 cm³/mol. The maximum atomic E-state index is 2.29. The van der Waals surface area contributed by atoms with E-state index in [4.69, 9.17) is 0 Å². The smallest absolute Gasteiger partial charge is 0.0703 e. The molecule has 0 saturated carbocycles. The average molecular weight is 181 g/mol. The van der Waals surface area contributed by atoms with Gasteiger partial charge in [0.25, 0.3) is 0 Å². The largest absolute Gasteiger partial charge is 0.306 e. The van der Waals surface area contributed by atoms with Gasteiger partial charge in [-0.2, -0.15) is 0 Å². The van der Waals surface area contributed by atoms with Crippen LogP contribution in [-0.2, 0) is 0 Å². The molecule has 0 amide bonds. The molecule has 0 saturated heterocycles. The fourth-order valence-corrected chi connectivity index (χ4v) is 1.88. The third-order valence-corrected chi connectivity index (χ3v) is 2.67. The lowest BCUT2D eigenvalue weighted by Gasteiger charge is -2.06. The van der Waals surface area contributed by atoms with E-state index in [9.17, 15) is 0 Å². The molecular weight excluding hydrogens is 170 g/mol. The monoisotopic (exact) mass is 181 g/mol. The lowest BCUT2D eigenvalue weighted by Crippen LogP contribution is -1.91. The normalized spacial score (nSPS) is 12.5. The van der Waals surface area contributed by atoms with Gasteiger partial charge in [-0.3, -0.25) is 0 Å². The molecule has 0 spiro atoms. The average Bonchev–Trinajstić information content (AvgIpc) is 2.93. The van der Waals surface area contributed by atoms with Gasteiger partial charge in [0.1, 0.15) is 0 Å². The van der Waals surface area contributed by atoms with E-state index >= 15 is 0 Å². The second-order valence-electron chi connectivity index (χ2n) is 3.61. The van der Waals surface area contributed by atoms with Crippen molar-refractivity contribution in [3.63, 3.8) is 0 Å². The van der Waals surface area contributed by atoms with Crippen molar-refractivity contribution in [3.05, 3.63) is 54.1 Å². The van der Waals surface area contributed by atoms with Crippen molar-refractivity contribution in [3.8, 4) is 0 Å². The van der Waals surface area contributed by atoms with Crippen LogP contribution in [0.3, 0.4) is 0 Å². The molecule has 1 aliphatic heterocycles. The van der Waals surface area contributed by atoms with Gasteiger partial charge in [-0.25, -0.2) is 0 Å². The van der Waals surface area contributed by atoms with E-state index in [-0.39, 0.29) is 0 Å². The molecule has 0 bridgehead atoms. The van der Waals surface area contributed by atoms with Gasteiger partial charge in [-0.1, -0.05) is 30.3 Å². The maximum absolute atomic E-state index is 2.29. The molecule has 0 aliphatic carbocycles. The van der Waals surface area contributed by atoms with E-state index in [2.05, 4.69) is 60.4 Å². The van der Waals surface area contributed by atoms with Crippen molar-refractivity contribution in [2.24, 2.45) is 0 Å². The Morgan fingerprint density at radius 1 is 0.714 bits per heavy atom. The molecule has 2 aromatic rings. The van der Waals surface area contributed by atoms with Crippen molar-refractivity contribution < 1.29 is 0 Å². The van der Waals surface area contributed by atoms with Gasteiger partial charge in [-0.05, 0) is 30.7 Å². The molecule has 0 atom stereocenters. The van der Waals surface area contributed by atoms with Crippen LogP contribution in [0.2, 0.25) is 0 Å². The number of aryl methyl sites for hydroxylation is 1. The van der Waals surface area contributed by atoms with Gasteiger partial charge < -0.3 is 4.90 Å². The first kappa shape index (κ1) is 7.63. The van der Waals surface area contributed by atoms with E-state index in [1.165, 1.54) is 22.6 Å². The summed E-state index contributed by atoms with van der Waals surface area (Å²) in [5.74, 6) is 0. The molecular formula is C13H11N. The Kier molecular flexibility index (Phi) is 1.42. The first-order chi connectivity index (χ1) is 6.88. The molecule has 1 heterocycles. The van der Waals surface area contributed by atoms with Crippen LogP contribution in [0.15, 0.2) is 48.5 Å². The van der Waals surface area contributed by atoms with Crippen molar-refractivity contribution >= 4 is 17.1 Å². The molecule has 1 nitrogen and oxygen atoms in total. The minimum atomic E-state index is 1.30. The van der Waals surface area contributed by atoms with Gasteiger partial charge in [0.05, 0.1) is 11.4 Å². The summed E-state index contributed by atoms with van der Waals surface area (Å²) < 4.78 is 0. The topological polar surface area (TPSA) is 3.01 Å². The number of hydrogen-bond donors (Lipinski definition) is 0. The third-order valence-electron chi connectivity index (χ3n) is 2.67. The summed E-state index contributed by atoms with van der Waals surface area (Å²) in [6.07, 6.45) is 0. The van der Waals surface area contributed by atoms with Crippen LogP contribution >= 0.6 is 0 Å². The Hall–Kier alpha value is -1.76. The van der Waals surface area contributed by atoms with Crippen molar-refractivity contribution in [2.45, 2.75) is 6.92 Å². The molecule has 0 N–H and O–H groups in total. The highest BCUT2D eigenvalue weighted by Gasteiger charge is 2.29. The van der Waals surface area contributed by atoms with E-state index in [0.29, 0.717) is 0 Å². The van der Waals surface area contributed by atoms with Crippen LogP contribution in [0.1, 0.15) is 5.56 Å². The van der Waals surface area contributed by atoms with E-state index in [1.54, 1.807) is 0 Å². The van der Waals surface area contributed by atoms with E-state index in [0.717, 1.165) is 0 Å². The summed E-state index contributed by atoms with van der Waals surface area (Å²) in [6.45, 7) is 2.15. The number of hydrogen-bond acceptors (Lipinski definition) is 1. The Balaban J connectivity index is 2.06. The second kappa shape index (κ2) is 2.61.